The first kappa shape index (κ1) is 19.3. The molecular weight excluding hydrogens is 353 g/mol. The van der Waals surface area contributed by atoms with E-state index in [1.165, 1.54) is 6.07 Å². The van der Waals surface area contributed by atoms with Gasteiger partial charge in [-0.15, -0.1) is 0 Å². The number of amides is 1. The largest absolute Gasteiger partial charge is 0.416 e. The molecule has 1 fully saturated rings. The molecule has 3 rings (SSSR count). The van der Waals surface area contributed by atoms with Crippen LogP contribution in [0.25, 0.3) is 0 Å². The molecule has 0 aromatic heterocycles. The van der Waals surface area contributed by atoms with Crippen molar-refractivity contribution < 1.29 is 18.0 Å². The smallest absolute Gasteiger partial charge is 0.370 e. The molecule has 6 heteroatoms. The van der Waals surface area contributed by atoms with Gasteiger partial charge in [0.05, 0.1) is 23.4 Å². The zero-order valence-electron chi connectivity index (χ0n) is 15.3. The zero-order valence-corrected chi connectivity index (χ0v) is 15.3. The van der Waals surface area contributed by atoms with Crippen molar-refractivity contribution in [3.8, 4) is 0 Å². The summed E-state index contributed by atoms with van der Waals surface area (Å²) in [5.41, 5.74) is 1.97. The van der Waals surface area contributed by atoms with Crippen LogP contribution in [0.1, 0.15) is 36.0 Å². The van der Waals surface area contributed by atoms with Crippen LogP contribution in [-0.2, 0) is 17.4 Å². The van der Waals surface area contributed by atoms with E-state index in [-0.39, 0.29) is 18.0 Å². The summed E-state index contributed by atoms with van der Waals surface area (Å²) in [5, 5.41) is 2.72. The summed E-state index contributed by atoms with van der Waals surface area (Å²) >= 11 is 0. The molecule has 2 aromatic rings. The Morgan fingerprint density at radius 3 is 2.44 bits per heavy atom. The highest BCUT2D eigenvalue weighted by Crippen LogP contribution is 2.36. The third kappa shape index (κ3) is 4.81. The summed E-state index contributed by atoms with van der Waals surface area (Å²) in [4.78, 5) is 14.6. The fourth-order valence-electron chi connectivity index (χ4n) is 3.40. The predicted octanol–water partition coefficient (Wildman–Crippen LogP) is 5.19. The molecule has 1 aliphatic rings. The summed E-state index contributed by atoms with van der Waals surface area (Å²) in [5.74, 6) is -0.318. The van der Waals surface area contributed by atoms with Gasteiger partial charge in [0.1, 0.15) is 0 Å². The van der Waals surface area contributed by atoms with Gasteiger partial charge in [0.25, 0.3) is 0 Å². The minimum Gasteiger partial charge on any atom is -0.370 e. The SMILES string of the molecule is Cc1ccccc1CC(=O)Nc1cc(C(F)(F)F)ccc1N1CCCCC1. The lowest BCUT2D eigenvalue weighted by atomic mass is 10.0. The molecule has 27 heavy (non-hydrogen) atoms. The lowest BCUT2D eigenvalue weighted by molar-refractivity contribution is -0.137. The number of halogens is 3. The van der Waals surface area contributed by atoms with Crippen molar-refractivity contribution in [1.29, 1.82) is 0 Å². The average molecular weight is 376 g/mol. The standard InChI is InChI=1S/C21H23F3N2O/c1-15-7-3-4-8-16(15)13-20(27)25-18-14-17(21(22,23)24)9-10-19(18)26-11-5-2-6-12-26/h3-4,7-10,14H,2,5-6,11-13H2,1H3,(H,25,27). The van der Waals surface area contributed by atoms with Gasteiger partial charge in [-0.05, 0) is 55.5 Å². The summed E-state index contributed by atoms with van der Waals surface area (Å²) in [7, 11) is 0. The number of carbonyl (C=O) groups is 1. The van der Waals surface area contributed by atoms with E-state index in [0.717, 1.165) is 55.6 Å². The monoisotopic (exact) mass is 376 g/mol. The molecule has 0 unspecified atom stereocenters. The number of nitrogens with zero attached hydrogens (tertiary/aromatic N) is 1. The van der Waals surface area contributed by atoms with E-state index < -0.39 is 11.7 Å². The number of benzene rings is 2. The van der Waals surface area contributed by atoms with Crippen LogP contribution in [0.4, 0.5) is 24.5 Å². The summed E-state index contributed by atoms with van der Waals surface area (Å²) in [6.07, 6.45) is -1.21. The van der Waals surface area contributed by atoms with Gasteiger partial charge in [0.2, 0.25) is 5.91 Å². The first-order chi connectivity index (χ1) is 12.8. The third-order valence-electron chi connectivity index (χ3n) is 4.91. The highest BCUT2D eigenvalue weighted by Gasteiger charge is 2.31. The molecule has 2 aromatic carbocycles. The Hall–Kier alpha value is -2.50. The van der Waals surface area contributed by atoms with E-state index in [0.29, 0.717) is 5.69 Å². The lowest BCUT2D eigenvalue weighted by Gasteiger charge is -2.31. The molecular formula is C21H23F3N2O. The maximum atomic E-state index is 13.2. The summed E-state index contributed by atoms with van der Waals surface area (Å²) in [6.45, 7) is 3.48. The molecule has 1 heterocycles. The second-order valence-corrected chi connectivity index (χ2v) is 6.93. The summed E-state index contributed by atoms with van der Waals surface area (Å²) < 4.78 is 39.5. The van der Waals surface area contributed by atoms with Crippen LogP contribution in [-0.4, -0.2) is 19.0 Å². The molecule has 1 saturated heterocycles. The second kappa shape index (κ2) is 8.03. The van der Waals surface area contributed by atoms with Crippen LogP contribution in [0, 0.1) is 6.92 Å². The predicted molar refractivity (Wildman–Crippen MR) is 101 cm³/mol. The number of aryl methyl sites for hydroxylation is 1. The number of piperidine rings is 1. The molecule has 0 radical (unpaired) electrons. The average Bonchev–Trinajstić information content (AvgIpc) is 2.63. The minimum atomic E-state index is -4.45. The quantitative estimate of drug-likeness (QED) is 0.797. The zero-order chi connectivity index (χ0) is 19.4. The summed E-state index contributed by atoms with van der Waals surface area (Å²) in [6, 6.07) is 11.1. The fraction of sp³-hybridized carbons (Fsp3) is 0.381. The van der Waals surface area contributed by atoms with Gasteiger partial charge in [-0.3, -0.25) is 4.79 Å². The Morgan fingerprint density at radius 1 is 1.07 bits per heavy atom. The molecule has 1 amide bonds. The number of carbonyl (C=O) groups excluding carboxylic acids is 1. The molecule has 0 saturated carbocycles. The van der Waals surface area contributed by atoms with Crippen molar-refractivity contribution >= 4 is 17.3 Å². The molecule has 144 valence electrons. The normalized spacial score (nSPS) is 14.9. The van der Waals surface area contributed by atoms with E-state index >= 15 is 0 Å². The van der Waals surface area contributed by atoms with Gasteiger partial charge in [-0.2, -0.15) is 13.2 Å². The molecule has 0 atom stereocenters. The van der Waals surface area contributed by atoms with E-state index in [2.05, 4.69) is 5.32 Å². The van der Waals surface area contributed by atoms with Gasteiger partial charge >= 0.3 is 6.18 Å². The van der Waals surface area contributed by atoms with Gasteiger partial charge in [-0.1, -0.05) is 24.3 Å². The maximum Gasteiger partial charge on any atom is 0.416 e. The Balaban J connectivity index is 1.86. The van der Waals surface area contributed by atoms with E-state index in [1.54, 1.807) is 0 Å². The number of anilines is 2. The van der Waals surface area contributed by atoms with Gasteiger partial charge in [0, 0.05) is 13.1 Å². The highest BCUT2D eigenvalue weighted by atomic mass is 19.4. The highest BCUT2D eigenvalue weighted by molar-refractivity contribution is 5.96. The van der Waals surface area contributed by atoms with E-state index in [9.17, 15) is 18.0 Å². The fourth-order valence-corrected chi connectivity index (χ4v) is 3.40. The number of hydrogen-bond acceptors (Lipinski definition) is 2. The maximum absolute atomic E-state index is 13.2. The van der Waals surface area contributed by atoms with Gasteiger partial charge in [-0.25, -0.2) is 0 Å². The Kier molecular flexibility index (Phi) is 5.73. The van der Waals surface area contributed by atoms with Crippen LogP contribution in [0.3, 0.4) is 0 Å². The molecule has 0 spiro atoms. The van der Waals surface area contributed by atoms with Crippen molar-refractivity contribution in [3.63, 3.8) is 0 Å². The minimum absolute atomic E-state index is 0.127. The van der Waals surface area contributed by atoms with Crippen LogP contribution in [0.2, 0.25) is 0 Å². The van der Waals surface area contributed by atoms with Crippen molar-refractivity contribution in [1.82, 2.24) is 0 Å². The van der Waals surface area contributed by atoms with Crippen molar-refractivity contribution in [2.45, 2.75) is 38.8 Å². The topological polar surface area (TPSA) is 32.3 Å². The van der Waals surface area contributed by atoms with Crippen molar-refractivity contribution in [3.05, 3.63) is 59.2 Å². The first-order valence-electron chi connectivity index (χ1n) is 9.15. The second-order valence-electron chi connectivity index (χ2n) is 6.93. The van der Waals surface area contributed by atoms with Gasteiger partial charge in [0.15, 0.2) is 0 Å². The van der Waals surface area contributed by atoms with Crippen LogP contribution < -0.4 is 10.2 Å². The van der Waals surface area contributed by atoms with Crippen LogP contribution in [0.5, 0.6) is 0 Å². The lowest BCUT2D eigenvalue weighted by Crippen LogP contribution is -2.30. The first-order valence-corrected chi connectivity index (χ1v) is 9.15. The number of alkyl halides is 3. The van der Waals surface area contributed by atoms with Gasteiger partial charge < -0.3 is 10.2 Å². The Morgan fingerprint density at radius 2 is 1.78 bits per heavy atom. The molecule has 1 N–H and O–H groups in total. The molecule has 3 nitrogen and oxygen atoms in total. The number of hydrogen-bond donors (Lipinski definition) is 1. The number of rotatable bonds is 4. The third-order valence-corrected chi connectivity index (χ3v) is 4.91. The Labute approximate surface area is 157 Å². The van der Waals surface area contributed by atoms with E-state index in [4.69, 9.17) is 0 Å². The van der Waals surface area contributed by atoms with Crippen molar-refractivity contribution in [2.24, 2.45) is 0 Å². The van der Waals surface area contributed by atoms with E-state index in [1.807, 2.05) is 36.1 Å². The van der Waals surface area contributed by atoms with Crippen molar-refractivity contribution in [2.75, 3.05) is 23.3 Å². The van der Waals surface area contributed by atoms with Crippen LogP contribution >= 0.6 is 0 Å². The molecule has 1 aliphatic heterocycles. The van der Waals surface area contributed by atoms with Crippen LogP contribution in [0.15, 0.2) is 42.5 Å². The molecule has 0 bridgehead atoms. The Bertz CT molecular complexity index is 811. The molecule has 0 aliphatic carbocycles. The number of nitrogens with one attached hydrogen (secondary N) is 1.